The minimum atomic E-state index is 0.677. The molecule has 0 unspecified atom stereocenters. The number of para-hydroxylation sites is 1. The van der Waals surface area contributed by atoms with E-state index < -0.39 is 0 Å². The molecule has 0 fully saturated rings. The number of hydrogen-bond donors (Lipinski definition) is 2. The molecule has 4 aromatic rings. The molecule has 4 rings (SSSR count). The van der Waals surface area contributed by atoms with E-state index in [2.05, 4.69) is 37.4 Å². The summed E-state index contributed by atoms with van der Waals surface area (Å²) in [4.78, 5) is 0. The van der Waals surface area contributed by atoms with Crippen molar-refractivity contribution >= 4 is 45.1 Å². The van der Waals surface area contributed by atoms with E-state index in [-0.39, 0.29) is 0 Å². The summed E-state index contributed by atoms with van der Waals surface area (Å²) < 4.78 is 0. The monoisotopic (exact) mass is 336 g/mol. The van der Waals surface area contributed by atoms with Crippen LogP contribution in [-0.2, 0) is 0 Å². The topological polar surface area (TPSA) is 52.0 Å². The highest BCUT2D eigenvalue weighted by Gasteiger charge is 2.19. The van der Waals surface area contributed by atoms with Crippen molar-refractivity contribution in [3.8, 4) is 11.1 Å². The highest BCUT2D eigenvalue weighted by molar-refractivity contribution is 6.21. The summed E-state index contributed by atoms with van der Waals surface area (Å²) in [5.41, 5.74) is 18.1. The van der Waals surface area contributed by atoms with Gasteiger partial charge in [-0.1, -0.05) is 79.9 Å². The van der Waals surface area contributed by atoms with Crippen LogP contribution in [0.2, 0.25) is 0 Å². The Balaban J connectivity index is 2.35. The number of rotatable bonds is 3. The van der Waals surface area contributed by atoms with Crippen LogP contribution in [0.5, 0.6) is 0 Å². The highest BCUT2D eigenvalue weighted by atomic mass is 14.6. The summed E-state index contributed by atoms with van der Waals surface area (Å²) >= 11 is 0. The van der Waals surface area contributed by atoms with Gasteiger partial charge in [-0.15, -0.1) is 0 Å². The number of anilines is 2. The smallest absolute Gasteiger partial charge is 0.0480 e. The van der Waals surface area contributed by atoms with Crippen LogP contribution in [0, 0.1) is 0 Å². The Kier molecular flexibility index (Phi) is 3.74. The van der Waals surface area contributed by atoms with Gasteiger partial charge >= 0.3 is 0 Å². The van der Waals surface area contributed by atoms with Crippen LogP contribution in [0.15, 0.2) is 73.8 Å². The van der Waals surface area contributed by atoms with Gasteiger partial charge in [-0.3, -0.25) is 0 Å². The van der Waals surface area contributed by atoms with Gasteiger partial charge < -0.3 is 11.5 Å². The van der Waals surface area contributed by atoms with Crippen molar-refractivity contribution in [2.24, 2.45) is 0 Å². The van der Waals surface area contributed by atoms with E-state index in [1.807, 2.05) is 42.5 Å². The molecule has 126 valence electrons. The van der Waals surface area contributed by atoms with E-state index in [1.54, 1.807) is 6.08 Å². The van der Waals surface area contributed by atoms with Gasteiger partial charge in [0.05, 0.1) is 0 Å². The summed E-state index contributed by atoms with van der Waals surface area (Å²) in [5.74, 6) is 0. The molecule has 0 aromatic heterocycles. The van der Waals surface area contributed by atoms with Crippen LogP contribution in [0.25, 0.3) is 44.8 Å². The third-order valence-corrected chi connectivity index (χ3v) is 4.96. The van der Waals surface area contributed by atoms with E-state index in [1.165, 1.54) is 0 Å². The molecule has 0 radical (unpaired) electrons. The van der Waals surface area contributed by atoms with Crippen LogP contribution in [0.3, 0.4) is 0 Å². The zero-order chi connectivity index (χ0) is 18.3. The van der Waals surface area contributed by atoms with Crippen molar-refractivity contribution in [1.29, 1.82) is 0 Å². The average molecular weight is 336 g/mol. The van der Waals surface area contributed by atoms with Gasteiger partial charge in [0.2, 0.25) is 0 Å². The van der Waals surface area contributed by atoms with E-state index in [0.29, 0.717) is 11.4 Å². The molecule has 0 amide bonds. The van der Waals surface area contributed by atoms with E-state index in [0.717, 1.165) is 43.8 Å². The van der Waals surface area contributed by atoms with Crippen LogP contribution in [0.1, 0.15) is 11.1 Å². The van der Waals surface area contributed by atoms with Gasteiger partial charge in [-0.05, 0) is 27.8 Å². The first-order valence-corrected chi connectivity index (χ1v) is 8.54. The number of benzene rings is 4. The molecule has 0 bridgehead atoms. The summed E-state index contributed by atoms with van der Waals surface area (Å²) in [5, 5.41) is 4.50. The Morgan fingerprint density at radius 1 is 0.692 bits per heavy atom. The number of hydrogen-bond acceptors (Lipinski definition) is 2. The van der Waals surface area contributed by atoms with Gasteiger partial charge in [0.1, 0.15) is 0 Å². The molecule has 0 aliphatic heterocycles. The molecule has 2 heteroatoms. The lowest BCUT2D eigenvalue weighted by molar-refractivity contribution is 1.61. The molecular formula is C24H20N2. The maximum Gasteiger partial charge on any atom is 0.0480 e. The standard InChI is InChI=1S/C24H20N2/c1-3-16-17(4-2)24(26)23(20-11-7-8-12-21(20)25)22-18-10-6-5-9-15(18)13-14-19(16)22/h3-14H,1-2,25-26H2. The SMILES string of the molecule is C=Cc1c(N)c(-c2ccccc2N)c2c(ccc3ccccc32)c1C=C. The van der Waals surface area contributed by atoms with E-state index in [4.69, 9.17) is 11.5 Å². The first-order chi connectivity index (χ1) is 12.7. The maximum atomic E-state index is 6.65. The third-order valence-electron chi connectivity index (χ3n) is 4.96. The molecular weight excluding hydrogens is 316 g/mol. The van der Waals surface area contributed by atoms with Crippen molar-refractivity contribution in [3.63, 3.8) is 0 Å². The Hall–Kier alpha value is -3.52. The second-order valence-electron chi connectivity index (χ2n) is 6.32. The number of nitrogen functional groups attached to an aromatic ring is 2. The molecule has 2 nitrogen and oxygen atoms in total. The van der Waals surface area contributed by atoms with Crippen molar-refractivity contribution in [1.82, 2.24) is 0 Å². The molecule has 0 atom stereocenters. The molecule has 0 aliphatic carbocycles. The van der Waals surface area contributed by atoms with Gasteiger partial charge in [0.25, 0.3) is 0 Å². The Morgan fingerprint density at radius 2 is 1.38 bits per heavy atom. The molecule has 0 saturated carbocycles. The van der Waals surface area contributed by atoms with Gasteiger partial charge in [0.15, 0.2) is 0 Å². The normalized spacial score (nSPS) is 10.9. The number of nitrogens with two attached hydrogens (primary N) is 2. The zero-order valence-electron chi connectivity index (χ0n) is 14.5. The van der Waals surface area contributed by atoms with Crippen LogP contribution in [0.4, 0.5) is 11.4 Å². The fourth-order valence-corrected chi connectivity index (χ4v) is 3.77. The molecule has 0 spiro atoms. The minimum Gasteiger partial charge on any atom is -0.398 e. The quantitative estimate of drug-likeness (QED) is 0.350. The van der Waals surface area contributed by atoms with Gasteiger partial charge in [-0.25, -0.2) is 0 Å². The minimum absolute atomic E-state index is 0.677. The highest BCUT2D eigenvalue weighted by Crippen LogP contribution is 2.44. The van der Waals surface area contributed by atoms with Crippen molar-refractivity contribution in [2.45, 2.75) is 0 Å². The molecule has 4 N–H and O–H groups in total. The Morgan fingerprint density at radius 3 is 2.12 bits per heavy atom. The summed E-state index contributed by atoms with van der Waals surface area (Å²) in [7, 11) is 0. The van der Waals surface area contributed by atoms with E-state index >= 15 is 0 Å². The molecule has 0 heterocycles. The van der Waals surface area contributed by atoms with Crippen molar-refractivity contribution < 1.29 is 0 Å². The van der Waals surface area contributed by atoms with Crippen molar-refractivity contribution in [2.75, 3.05) is 11.5 Å². The third kappa shape index (κ3) is 2.20. The molecule has 0 aliphatic rings. The fraction of sp³-hybridized carbons (Fsp3) is 0. The number of fused-ring (bicyclic) bond motifs is 3. The molecule has 26 heavy (non-hydrogen) atoms. The van der Waals surface area contributed by atoms with Crippen LogP contribution < -0.4 is 11.5 Å². The van der Waals surface area contributed by atoms with Crippen LogP contribution >= 0.6 is 0 Å². The molecule has 0 saturated heterocycles. The summed E-state index contributed by atoms with van der Waals surface area (Å²) in [6, 6.07) is 20.4. The predicted molar refractivity (Wildman–Crippen MR) is 116 cm³/mol. The zero-order valence-corrected chi connectivity index (χ0v) is 14.5. The lowest BCUT2D eigenvalue weighted by atomic mass is 9.86. The Bertz CT molecular complexity index is 1190. The van der Waals surface area contributed by atoms with E-state index in [9.17, 15) is 0 Å². The van der Waals surface area contributed by atoms with Crippen molar-refractivity contribution in [3.05, 3.63) is 84.9 Å². The first-order valence-electron chi connectivity index (χ1n) is 8.54. The Labute approximate surface area is 153 Å². The lowest BCUT2D eigenvalue weighted by Gasteiger charge is -2.20. The fourth-order valence-electron chi connectivity index (χ4n) is 3.77. The first kappa shape index (κ1) is 16.0. The summed E-state index contributed by atoms with van der Waals surface area (Å²) in [6.07, 6.45) is 3.65. The molecule has 4 aromatic carbocycles. The maximum absolute atomic E-state index is 6.65. The largest absolute Gasteiger partial charge is 0.398 e. The average Bonchev–Trinajstić information content (AvgIpc) is 2.67. The van der Waals surface area contributed by atoms with Gasteiger partial charge in [0, 0.05) is 33.5 Å². The lowest BCUT2D eigenvalue weighted by Crippen LogP contribution is -2.01. The predicted octanol–water partition coefficient (Wildman–Crippen LogP) is 6.11. The van der Waals surface area contributed by atoms with Gasteiger partial charge in [-0.2, -0.15) is 0 Å². The van der Waals surface area contributed by atoms with Crippen LogP contribution in [-0.4, -0.2) is 0 Å². The second-order valence-corrected chi connectivity index (χ2v) is 6.32. The summed E-state index contributed by atoms with van der Waals surface area (Å²) in [6.45, 7) is 7.97. The second kappa shape index (κ2) is 6.08.